The summed E-state index contributed by atoms with van der Waals surface area (Å²) in [4.78, 5) is 12.4. The van der Waals surface area contributed by atoms with Crippen LogP contribution in [0.5, 0.6) is 5.75 Å². The summed E-state index contributed by atoms with van der Waals surface area (Å²) in [5.41, 5.74) is 2.83. The van der Waals surface area contributed by atoms with Crippen molar-refractivity contribution in [3.63, 3.8) is 0 Å². The van der Waals surface area contributed by atoms with E-state index in [4.69, 9.17) is 19.5 Å². The van der Waals surface area contributed by atoms with E-state index in [1.807, 2.05) is 18.2 Å². The number of esters is 1. The molecular weight excluding hydrogens is 366 g/mol. The number of benzene rings is 2. The summed E-state index contributed by atoms with van der Waals surface area (Å²) in [6, 6.07) is 16.7. The van der Waals surface area contributed by atoms with Crippen LogP contribution in [0.4, 0.5) is 0 Å². The zero-order valence-corrected chi connectivity index (χ0v) is 17.0. The van der Waals surface area contributed by atoms with E-state index in [2.05, 4.69) is 26.0 Å². The number of carbonyl (C=O) groups excluding carboxylic acids is 1. The van der Waals surface area contributed by atoms with Crippen LogP contribution in [0.15, 0.2) is 48.5 Å². The van der Waals surface area contributed by atoms with Gasteiger partial charge in [-0.2, -0.15) is 5.26 Å². The fourth-order valence-corrected chi connectivity index (χ4v) is 3.64. The van der Waals surface area contributed by atoms with E-state index in [9.17, 15) is 4.79 Å². The Labute approximate surface area is 172 Å². The molecule has 3 rings (SSSR count). The van der Waals surface area contributed by atoms with E-state index in [1.54, 1.807) is 24.3 Å². The Morgan fingerprint density at radius 2 is 1.83 bits per heavy atom. The van der Waals surface area contributed by atoms with Gasteiger partial charge in [-0.1, -0.05) is 44.5 Å². The third-order valence-electron chi connectivity index (χ3n) is 5.25. The van der Waals surface area contributed by atoms with Crippen molar-refractivity contribution < 1.29 is 19.0 Å². The largest absolute Gasteiger partial charge is 0.426 e. The average Bonchev–Trinajstić information content (AvgIpc) is 2.78. The molecule has 0 aliphatic carbocycles. The van der Waals surface area contributed by atoms with Gasteiger partial charge < -0.3 is 14.2 Å². The highest BCUT2D eigenvalue weighted by molar-refractivity contribution is 5.75. The fraction of sp³-hybridized carbons (Fsp3) is 0.417. The summed E-state index contributed by atoms with van der Waals surface area (Å²) in [6.07, 6.45) is 2.86. The summed E-state index contributed by atoms with van der Waals surface area (Å²) in [5, 5.41) is 8.84. The van der Waals surface area contributed by atoms with Crippen LogP contribution in [0.1, 0.15) is 62.0 Å². The third-order valence-corrected chi connectivity index (χ3v) is 5.25. The van der Waals surface area contributed by atoms with Gasteiger partial charge in [0.05, 0.1) is 24.8 Å². The lowest BCUT2D eigenvalue weighted by molar-refractivity contribution is -0.210. The van der Waals surface area contributed by atoms with E-state index in [1.165, 1.54) is 5.56 Å². The van der Waals surface area contributed by atoms with Gasteiger partial charge in [-0.25, -0.2) is 0 Å². The first-order valence-corrected chi connectivity index (χ1v) is 10.2. The second-order valence-electron chi connectivity index (χ2n) is 7.28. The lowest BCUT2D eigenvalue weighted by Gasteiger charge is -2.31. The topological polar surface area (TPSA) is 68.5 Å². The first kappa shape index (κ1) is 21.0. The first-order valence-electron chi connectivity index (χ1n) is 10.2. The quantitative estimate of drug-likeness (QED) is 0.482. The Kier molecular flexibility index (Phi) is 7.40. The average molecular weight is 393 g/mol. The standard InChI is InChI=1S/C24H27NO4/c1-3-7-18(4-2)21-8-5-6-9-22(21)24-27-15-19(16-28-24)23(26)29-20-12-10-17(14-25)11-13-20/h5-6,8-13,18-19,24H,3-4,7,15-16H2,1-2H3. The Morgan fingerprint density at radius 1 is 1.14 bits per heavy atom. The van der Waals surface area contributed by atoms with Crippen LogP contribution in [0.2, 0.25) is 0 Å². The van der Waals surface area contributed by atoms with Crippen molar-refractivity contribution in [3.8, 4) is 11.8 Å². The second kappa shape index (κ2) is 10.2. The maximum atomic E-state index is 12.4. The Morgan fingerprint density at radius 3 is 2.45 bits per heavy atom. The van der Waals surface area contributed by atoms with E-state index in [0.717, 1.165) is 24.8 Å². The molecule has 0 saturated carbocycles. The zero-order valence-electron chi connectivity index (χ0n) is 17.0. The Bertz CT molecular complexity index is 848. The molecule has 1 aliphatic heterocycles. The molecule has 0 aromatic heterocycles. The highest BCUT2D eigenvalue weighted by Crippen LogP contribution is 2.34. The van der Waals surface area contributed by atoms with Crippen molar-refractivity contribution in [2.24, 2.45) is 5.92 Å². The van der Waals surface area contributed by atoms with Gasteiger partial charge in [-0.15, -0.1) is 0 Å². The maximum absolute atomic E-state index is 12.4. The summed E-state index contributed by atoms with van der Waals surface area (Å²) in [6.45, 7) is 4.90. The predicted molar refractivity (Wildman–Crippen MR) is 109 cm³/mol. The molecular formula is C24H27NO4. The molecule has 5 nitrogen and oxygen atoms in total. The van der Waals surface area contributed by atoms with Crippen molar-refractivity contribution >= 4 is 5.97 Å². The van der Waals surface area contributed by atoms with Crippen LogP contribution in [0, 0.1) is 17.2 Å². The smallest absolute Gasteiger partial charge is 0.319 e. The van der Waals surface area contributed by atoms with E-state index < -0.39 is 12.2 Å². The van der Waals surface area contributed by atoms with E-state index >= 15 is 0 Å². The first-order chi connectivity index (χ1) is 14.2. The molecule has 29 heavy (non-hydrogen) atoms. The van der Waals surface area contributed by atoms with Gasteiger partial charge in [-0.3, -0.25) is 4.79 Å². The molecule has 1 aliphatic rings. The van der Waals surface area contributed by atoms with Crippen LogP contribution in [0.25, 0.3) is 0 Å². The Balaban J connectivity index is 1.62. The fourth-order valence-electron chi connectivity index (χ4n) is 3.64. The van der Waals surface area contributed by atoms with E-state index in [-0.39, 0.29) is 19.2 Å². The molecule has 0 N–H and O–H groups in total. The van der Waals surface area contributed by atoms with Crippen molar-refractivity contribution in [1.29, 1.82) is 5.26 Å². The molecule has 2 aromatic rings. The summed E-state index contributed by atoms with van der Waals surface area (Å²) in [5.74, 6) is 0.0137. The molecule has 0 radical (unpaired) electrons. The molecule has 0 amide bonds. The molecule has 1 atom stereocenters. The van der Waals surface area contributed by atoms with Crippen LogP contribution in [0.3, 0.4) is 0 Å². The lowest BCUT2D eigenvalue weighted by Crippen LogP contribution is -2.35. The molecule has 1 fully saturated rings. The Hall–Kier alpha value is -2.68. The van der Waals surface area contributed by atoms with Crippen molar-refractivity contribution in [2.45, 2.75) is 45.3 Å². The van der Waals surface area contributed by atoms with Gasteiger partial charge in [0.1, 0.15) is 11.7 Å². The minimum Gasteiger partial charge on any atom is -0.426 e. The summed E-state index contributed by atoms with van der Waals surface area (Å²) < 4.78 is 17.2. The highest BCUT2D eigenvalue weighted by atomic mass is 16.7. The van der Waals surface area contributed by atoms with Crippen LogP contribution < -0.4 is 4.74 Å². The number of hydrogen-bond acceptors (Lipinski definition) is 5. The number of ether oxygens (including phenoxy) is 3. The minimum atomic E-state index is -0.480. The third kappa shape index (κ3) is 5.23. The normalized spacial score (nSPS) is 19.9. The summed E-state index contributed by atoms with van der Waals surface area (Å²) >= 11 is 0. The van der Waals surface area contributed by atoms with Gasteiger partial charge in [-0.05, 0) is 48.6 Å². The highest BCUT2D eigenvalue weighted by Gasteiger charge is 2.31. The number of nitriles is 1. The monoisotopic (exact) mass is 393 g/mol. The van der Waals surface area contributed by atoms with Gasteiger partial charge in [0.25, 0.3) is 0 Å². The second-order valence-corrected chi connectivity index (χ2v) is 7.28. The number of carbonyl (C=O) groups is 1. The van der Waals surface area contributed by atoms with Crippen LogP contribution in [-0.4, -0.2) is 19.2 Å². The lowest BCUT2D eigenvalue weighted by atomic mass is 9.88. The SMILES string of the molecule is CCCC(CC)c1ccccc1C1OCC(C(=O)Oc2ccc(C#N)cc2)CO1. The maximum Gasteiger partial charge on any atom is 0.319 e. The molecule has 1 unspecified atom stereocenters. The number of nitrogens with zero attached hydrogens (tertiary/aromatic N) is 1. The van der Waals surface area contributed by atoms with Gasteiger partial charge >= 0.3 is 5.97 Å². The van der Waals surface area contributed by atoms with Gasteiger partial charge in [0.15, 0.2) is 6.29 Å². The molecule has 0 spiro atoms. The molecule has 0 bridgehead atoms. The molecule has 2 aromatic carbocycles. The molecule has 5 heteroatoms. The number of rotatable bonds is 7. The van der Waals surface area contributed by atoms with E-state index in [0.29, 0.717) is 17.2 Å². The van der Waals surface area contributed by atoms with Gasteiger partial charge in [0.2, 0.25) is 0 Å². The molecule has 1 saturated heterocycles. The number of hydrogen-bond donors (Lipinski definition) is 0. The zero-order chi connectivity index (χ0) is 20.6. The van der Waals surface area contributed by atoms with Crippen LogP contribution >= 0.6 is 0 Å². The van der Waals surface area contributed by atoms with Crippen LogP contribution in [-0.2, 0) is 14.3 Å². The molecule has 152 valence electrons. The molecule has 1 heterocycles. The predicted octanol–water partition coefficient (Wildman–Crippen LogP) is 5.12. The van der Waals surface area contributed by atoms with Crippen molar-refractivity contribution in [3.05, 3.63) is 65.2 Å². The van der Waals surface area contributed by atoms with Crippen molar-refractivity contribution in [1.82, 2.24) is 0 Å². The van der Waals surface area contributed by atoms with Gasteiger partial charge in [0, 0.05) is 5.56 Å². The minimum absolute atomic E-state index is 0.249. The van der Waals surface area contributed by atoms with Crippen molar-refractivity contribution in [2.75, 3.05) is 13.2 Å². The summed E-state index contributed by atoms with van der Waals surface area (Å²) in [7, 11) is 0.